The highest BCUT2D eigenvalue weighted by Crippen LogP contribution is 2.25. The number of ether oxygens (including phenoxy) is 1. The number of nitrogens with one attached hydrogen (secondary N) is 1. The standard InChI is InChI=1S/C15H13N3O6/c19-15(10-24-14-4-2-1-3-13(14)18(22)23)16-9-11-5-7-12(8-6-11)17(20)21/h1-8H,9-10H2,(H,16,19). The summed E-state index contributed by atoms with van der Waals surface area (Å²) in [6.45, 7) is -0.213. The zero-order valence-corrected chi connectivity index (χ0v) is 12.4. The Balaban J connectivity index is 1.86. The van der Waals surface area contributed by atoms with Gasteiger partial charge >= 0.3 is 5.69 Å². The van der Waals surface area contributed by atoms with Crippen LogP contribution in [-0.4, -0.2) is 22.4 Å². The monoisotopic (exact) mass is 331 g/mol. The minimum absolute atomic E-state index is 0.00739. The third kappa shape index (κ3) is 4.50. The van der Waals surface area contributed by atoms with Crippen LogP contribution in [0.3, 0.4) is 0 Å². The minimum atomic E-state index is -0.593. The topological polar surface area (TPSA) is 125 Å². The smallest absolute Gasteiger partial charge is 0.310 e. The van der Waals surface area contributed by atoms with Crippen molar-refractivity contribution in [2.45, 2.75) is 6.54 Å². The summed E-state index contributed by atoms with van der Waals surface area (Å²) < 4.78 is 5.16. The van der Waals surface area contributed by atoms with E-state index >= 15 is 0 Å². The average Bonchev–Trinajstić information content (AvgIpc) is 2.58. The predicted molar refractivity (Wildman–Crippen MR) is 83.5 cm³/mol. The molecule has 2 rings (SSSR count). The Morgan fingerprint density at radius 2 is 1.67 bits per heavy atom. The highest BCUT2D eigenvalue weighted by Gasteiger charge is 2.14. The molecule has 0 unspecified atom stereocenters. The Hall–Kier alpha value is -3.49. The van der Waals surface area contributed by atoms with Crippen LogP contribution in [0.2, 0.25) is 0 Å². The summed E-state index contributed by atoms with van der Waals surface area (Å²) in [5.74, 6) is -0.459. The number of hydrogen-bond donors (Lipinski definition) is 1. The fourth-order valence-corrected chi connectivity index (χ4v) is 1.86. The van der Waals surface area contributed by atoms with E-state index in [9.17, 15) is 25.0 Å². The highest BCUT2D eigenvalue weighted by molar-refractivity contribution is 5.77. The summed E-state index contributed by atoms with van der Waals surface area (Å²) in [7, 11) is 0. The lowest BCUT2D eigenvalue weighted by atomic mass is 10.2. The number of nitrogens with zero attached hydrogens (tertiary/aromatic N) is 2. The van der Waals surface area contributed by atoms with Crippen molar-refractivity contribution in [2.24, 2.45) is 0 Å². The number of hydrogen-bond acceptors (Lipinski definition) is 6. The molecular weight excluding hydrogens is 318 g/mol. The lowest BCUT2D eigenvalue weighted by Gasteiger charge is -2.08. The van der Waals surface area contributed by atoms with Gasteiger partial charge in [-0.15, -0.1) is 0 Å². The molecule has 0 aliphatic rings. The molecule has 0 fully saturated rings. The quantitative estimate of drug-likeness (QED) is 0.612. The van der Waals surface area contributed by atoms with Crippen molar-refractivity contribution >= 4 is 17.3 Å². The van der Waals surface area contributed by atoms with E-state index in [-0.39, 0.29) is 30.3 Å². The molecule has 0 aromatic heterocycles. The van der Waals surface area contributed by atoms with Crippen molar-refractivity contribution in [2.75, 3.05) is 6.61 Å². The van der Waals surface area contributed by atoms with Gasteiger partial charge in [0.05, 0.1) is 9.85 Å². The van der Waals surface area contributed by atoms with E-state index in [1.807, 2.05) is 0 Å². The number of nitro benzene ring substituents is 2. The zero-order chi connectivity index (χ0) is 17.5. The maximum atomic E-state index is 11.7. The second kappa shape index (κ2) is 7.68. The van der Waals surface area contributed by atoms with Crippen LogP contribution >= 0.6 is 0 Å². The van der Waals surface area contributed by atoms with Gasteiger partial charge in [0.25, 0.3) is 11.6 Å². The van der Waals surface area contributed by atoms with E-state index in [0.717, 1.165) is 0 Å². The average molecular weight is 331 g/mol. The molecule has 0 aliphatic carbocycles. The van der Waals surface area contributed by atoms with Gasteiger partial charge in [-0.25, -0.2) is 0 Å². The van der Waals surface area contributed by atoms with Crippen molar-refractivity contribution in [3.63, 3.8) is 0 Å². The Labute approximate surface area is 136 Å². The molecular formula is C15H13N3O6. The van der Waals surface area contributed by atoms with Gasteiger partial charge in [-0.3, -0.25) is 25.0 Å². The number of nitro groups is 2. The van der Waals surface area contributed by atoms with Crippen LogP contribution in [0, 0.1) is 20.2 Å². The number of benzene rings is 2. The van der Waals surface area contributed by atoms with Crippen molar-refractivity contribution in [1.29, 1.82) is 0 Å². The first-order valence-electron chi connectivity index (χ1n) is 6.83. The number of non-ortho nitro benzene ring substituents is 1. The number of carbonyl (C=O) groups is 1. The molecule has 0 radical (unpaired) electrons. The largest absolute Gasteiger partial charge is 0.477 e. The van der Waals surface area contributed by atoms with E-state index in [2.05, 4.69) is 5.32 Å². The van der Waals surface area contributed by atoms with E-state index < -0.39 is 15.8 Å². The number of carbonyl (C=O) groups excluding carboxylic acids is 1. The molecule has 0 heterocycles. The van der Waals surface area contributed by atoms with Gasteiger partial charge < -0.3 is 10.1 Å². The van der Waals surface area contributed by atoms with Crippen molar-refractivity contribution in [3.05, 3.63) is 74.3 Å². The van der Waals surface area contributed by atoms with Gasteiger partial charge in [0.2, 0.25) is 0 Å². The molecule has 0 spiro atoms. The maximum absolute atomic E-state index is 11.7. The minimum Gasteiger partial charge on any atom is -0.477 e. The van der Waals surface area contributed by atoms with E-state index in [4.69, 9.17) is 4.74 Å². The van der Waals surface area contributed by atoms with Crippen molar-refractivity contribution < 1.29 is 19.4 Å². The lowest BCUT2D eigenvalue weighted by Crippen LogP contribution is -2.28. The van der Waals surface area contributed by atoms with Crippen LogP contribution in [0.1, 0.15) is 5.56 Å². The SMILES string of the molecule is O=C(COc1ccccc1[N+](=O)[O-])NCc1ccc([N+](=O)[O-])cc1. The summed E-state index contributed by atoms with van der Waals surface area (Å²) >= 11 is 0. The molecule has 2 aromatic rings. The van der Waals surface area contributed by atoms with E-state index in [1.165, 1.54) is 42.5 Å². The molecule has 1 amide bonds. The lowest BCUT2D eigenvalue weighted by molar-refractivity contribution is -0.385. The molecule has 0 atom stereocenters. The maximum Gasteiger partial charge on any atom is 0.310 e. The van der Waals surface area contributed by atoms with Crippen molar-refractivity contribution in [1.82, 2.24) is 5.32 Å². The first kappa shape index (κ1) is 16.9. The summed E-state index contributed by atoms with van der Waals surface area (Å²) in [5.41, 5.74) is 0.421. The van der Waals surface area contributed by atoms with Crippen LogP contribution in [-0.2, 0) is 11.3 Å². The predicted octanol–water partition coefficient (Wildman–Crippen LogP) is 2.20. The van der Waals surface area contributed by atoms with Gasteiger partial charge in [0, 0.05) is 24.7 Å². The third-order valence-electron chi connectivity index (χ3n) is 3.06. The molecule has 24 heavy (non-hydrogen) atoms. The molecule has 9 nitrogen and oxygen atoms in total. The normalized spacial score (nSPS) is 10.0. The summed E-state index contributed by atoms with van der Waals surface area (Å²) in [6.07, 6.45) is 0. The van der Waals surface area contributed by atoms with Gasteiger partial charge in [0.1, 0.15) is 0 Å². The Morgan fingerprint density at radius 1 is 1.00 bits per heavy atom. The first-order chi connectivity index (χ1) is 11.5. The van der Waals surface area contributed by atoms with E-state index in [1.54, 1.807) is 6.07 Å². The summed E-state index contributed by atoms with van der Waals surface area (Å²) in [6, 6.07) is 11.5. The highest BCUT2D eigenvalue weighted by atomic mass is 16.6. The van der Waals surface area contributed by atoms with E-state index in [0.29, 0.717) is 5.56 Å². The molecule has 0 aliphatic heterocycles. The first-order valence-corrected chi connectivity index (χ1v) is 6.83. The molecule has 9 heteroatoms. The summed E-state index contributed by atoms with van der Waals surface area (Å²) in [5, 5.41) is 23.9. The number of para-hydroxylation sites is 2. The Bertz CT molecular complexity index is 760. The molecule has 124 valence electrons. The molecule has 0 bridgehead atoms. The molecule has 1 N–H and O–H groups in total. The molecule has 0 saturated heterocycles. The number of amides is 1. The second-order valence-electron chi connectivity index (χ2n) is 4.71. The van der Waals surface area contributed by atoms with Crippen LogP contribution < -0.4 is 10.1 Å². The van der Waals surface area contributed by atoms with Crippen LogP contribution in [0.4, 0.5) is 11.4 Å². The van der Waals surface area contributed by atoms with Gasteiger partial charge in [-0.1, -0.05) is 24.3 Å². The van der Waals surface area contributed by atoms with Gasteiger partial charge in [-0.2, -0.15) is 0 Å². The third-order valence-corrected chi connectivity index (χ3v) is 3.06. The van der Waals surface area contributed by atoms with Crippen LogP contribution in [0.25, 0.3) is 0 Å². The Kier molecular flexibility index (Phi) is 5.40. The fourth-order valence-electron chi connectivity index (χ4n) is 1.86. The second-order valence-corrected chi connectivity index (χ2v) is 4.71. The molecule has 2 aromatic carbocycles. The fraction of sp³-hybridized carbons (Fsp3) is 0.133. The van der Waals surface area contributed by atoms with Crippen molar-refractivity contribution in [3.8, 4) is 5.75 Å². The Morgan fingerprint density at radius 3 is 2.29 bits per heavy atom. The zero-order valence-electron chi connectivity index (χ0n) is 12.4. The summed E-state index contributed by atoms with van der Waals surface area (Å²) in [4.78, 5) is 32.0. The van der Waals surface area contributed by atoms with Crippen LogP contribution in [0.5, 0.6) is 5.75 Å². The van der Waals surface area contributed by atoms with Crippen LogP contribution in [0.15, 0.2) is 48.5 Å². The van der Waals surface area contributed by atoms with Gasteiger partial charge in [-0.05, 0) is 11.6 Å². The number of rotatable bonds is 7. The van der Waals surface area contributed by atoms with Gasteiger partial charge in [0.15, 0.2) is 12.4 Å². The molecule has 0 saturated carbocycles.